The summed E-state index contributed by atoms with van der Waals surface area (Å²) in [7, 11) is 0. The van der Waals surface area contributed by atoms with Crippen LogP contribution in [0, 0.1) is 17.2 Å². The second kappa shape index (κ2) is 5.15. The lowest BCUT2D eigenvalue weighted by Crippen LogP contribution is -2.20. The molecular weight excluding hydrogens is 240 g/mol. The fourth-order valence-electron chi connectivity index (χ4n) is 2.27. The highest BCUT2D eigenvalue weighted by Gasteiger charge is 2.22. The Morgan fingerprint density at radius 2 is 2.16 bits per heavy atom. The van der Waals surface area contributed by atoms with Crippen molar-refractivity contribution in [3.05, 3.63) is 36.0 Å². The van der Waals surface area contributed by atoms with E-state index in [-0.39, 0.29) is 5.92 Å². The third kappa shape index (κ3) is 2.60. The van der Waals surface area contributed by atoms with Gasteiger partial charge in [0.15, 0.2) is 0 Å². The lowest BCUT2D eigenvalue weighted by atomic mass is 10.0. The molecule has 0 spiro atoms. The van der Waals surface area contributed by atoms with Gasteiger partial charge in [-0.3, -0.25) is 0 Å². The Balaban J connectivity index is 2.53. The highest BCUT2D eigenvalue weighted by molar-refractivity contribution is 5.84. The SMILES string of the molecule is CC(C)C[C@H](C(=O)O)n1ccc2ccc(C#N)cc21. The van der Waals surface area contributed by atoms with Crippen molar-refractivity contribution in [2.75, 3.05) is 0 Å². The van der Waals surface area contributed by atoms with Crippen LogP contribution in [0.2, 0.25) is 0 Å². The number of benzene rings is 1. The van der Waals surface area contributed by atoms with E-state index >= 15 is 0 Å². The number of aromatic nitrogens is 1. The first-order chi connectivity index (χ1) is 9.02. The predicted octanol–water partition coefficient (Wildman–Crippen LogP) is 3.18. The highest BCUT2D eigenvalue weighted by atomic mass is 16.4. The molecule has 4 heteroatoms. The molecule has 0 unspecified atom stereocenters. The Bertz CT molecular complexity index is 650. The molecule has 0 aliphatic rings. The Kier molecular flexibility index (Phi) is 3.57. The largest absolute Gasteiger partial charge is 0.480 e. The summed E-state index contributed by atoms with van der Waals surface area (Å²) in [5.41, 5.74) is 1.34. The fourth-order valence-corrected chi connectivity index (χ4v) is 2.27. The van der Waals surface area contributed by atoms with Crippen molar-refractivity contribution in [3.63, 3.8) is 0 Å². The summed E-state index contributed by atoms with van der Waals surface area (Å²) in [4.78, 5) is 11.4. The molecule has 0 amide bonds. The Hall–Kier alpha value is -2.28. The Morgan fingerprint density at radius 1 is 1.42 bits per heavy atom. The van der Waals surface area contributed by atoms with E-state index in [2.05, 4.69) is 6.07 Å². The van der Waals surface area contributed by atoms with Gasteiger partial charge in [0.05, 0.1) is 17.1 Å². The molecule has 0 saturated carbocycles. The minimum atomic E-state index is -0.839. The van der Waals surface area contributed by atoms with Crippen LogP contribution in [-0.4, -0.2) is 15.6 Å². The lowest BCUT2D eigenvalue weighted by molar-refractivity contribution is -0.141. The molecular formula is C15H16N2O2. The van der Waals surface area contributed by atoms with Crippen LogP contribution in [0.5, 0.6) is 0 Å². The number of nitriles is 1. The van der Waals surface area contributed by atoms with Crippen molar-refractivity contribution in [2.24, 2.45) is 5.92 Å². The number of carbonyl (C=O) groups is 1. The van der Waals surface area contributed by atoms with Gasteiger partial charge in [-0.05, 0) is 35.9 Å². The van der Waals surface area contributed by atoms with Crippen molar-refractivity contribution < 1.29 is 9.90 Å². The standard InChI is InChI=1S/C15H16N2O2/c1-10(2)7-14(15(18)19)17-6-5-12-4-3-11(9-16)8-13(12)17/h3-6,8,10,14H,7H2,1-2H3,(H,18,19)/t14-/m1/s1. The maximum absolute atomic E-state index is 11.4. The van der Waals surface area contributed by atoms with Gasteiger partial charge in [-0.25, -0.2) is 4.79 Å². The van der Waals surface area contributed by atoms with E-state index in [1.165, 1.54) is 0 Å². The molecule has 98 valence electrons. The van der Waals surface area contributed by atoms with Gasteiger partial charge in [0.2, 0.25) is 0 Å². The number of carboxylic acids is 1. The first kappa shape index (κ1) is 13.2. The predicted molar refractivity (Wildman–Crippen MR) is 72.8 cm³/mol. The van der Waals surface area contributed by atoms with E-state index in [1.807, 2.05) is 26.0 Å². The molecule has 2 rings (SSSR count). The Morgan fingerprint density at radius 3 is 2.74 bits per heavy atom. The van der Waals surface area contributed by atoms with Crippen LogP contribution >= 0.6 is 0 Å². The Labute approximate surface area is 111 Å². The summed E-state index contributed by atoms with van der Waals surface area (Å²) < 4.78 is 1.75. The van der Waals surface area contributed by atoms with Gasteiger partial charge in [-0.15, -0.1) is 0 Å². The van der Waals surface area contributed by atoms with E-state index in [1.54, 1.807) is 22.9 Å². The quantitative estimate of drug-likeness (QED) is 0.913. The average Bonchev–Trinajstić information content (AvgIpc) is 2.77. The molecule has 2 aromatic rings. The van der Waals surface area contributed by atoms with Crippen LogP contribution in [0.3, 0.4) is 0 Å². The van der Waals surface area contributed by atoms with Gasteiger partial charge in [-0.1, -0.05) is 19.9 Å². The molecule has 4 nitrogen and oxygen atoms in total. The molecule has 1 atom stereocenters. The van der Waals surface area contributed by atoms with Crippen LogP contribution in [-0.2, 0) is 4.79 Å². The minimum Gasteiger partial charge on any atom is -0.480 e. The molecule has 1 N–H and O–H groups in total. The van der Waals surface area contributed by atoms with E-state index in [4.69, 9.17) is 5.26 Å². The highest BCUT2D eigenvalue weighted by Crippen LogP contribution is 2.25. The first-order valence-electron chi connectivity index (χ1n) is 6.26. The second-order valence-corrected chi connectivity index (χ2v) is 5.09. The van der Waals surface area contributed by atoms with E-state index < -0.39 is 12.0 Å². The van der Waals surface area contributed by atoms with Crippen molar-refractivity contribution in [1.29, 1.82) is 5.26 Å². The maximum atomic E-state index is 11.4. The molecule has 0 saturated heterocycles. The van der Waals surface area contributed by atoms with E-state index in [9.17, 15) is 9.90 Å². The third-order valence-electron chi connectivity index (χ3n) is 3.17. The van der Waals surface area contributed by atoms with Crippen LogP contribution in [0.15, 0.2) is 30.5 Å². The normalized spacial score (nSPS) is 12.5. The molecule has 0 aliphatic heterocycles. The average molecular weight is 256 g/mol. The molecule has 1 heterocycles. The number of aliphatic carboxylic acids is 1. The summed E-state index contributed by atoms with van der Waals surface area (Å²) in [5.74, 6) is -0.550. The molecule has 0 bridgehead atoms. The van der Waals surface area contributed by atoms with Gasteiger partial charge in [0.1, 0.15) is 6.04 Å². The molecule has 0 aliphatic carbocycles. The lowest BCUT2D eigenvalue weighted by Gasteiger charge is -2.17. The van der Waals surface area contributed by atoms with Crippen molar-refractivity contribution in [3.8, 4) is 6.07 Å². The number of hydrogen-bond acceptors (Lipinski definition) is 2. The molecule has 19 heavy (non-hydrogen) atoms. The summed E-state index contributed by atoms with van der Waals surface area (Å²) in [6.07, 6.45) is 2.35. The van der Waals surface area contributed by atoms with E-state index in [0.29, 0.717) is 12.0 Å². The monoisotopic (exact) mass is 256 g/mol. The molecule has 1 aromatic heterocycles. The van der Waals surface area contributed by atoms with Gasteiger partial charge in [0.25, 0.3) is 0 Å². The second-order valence-electron chi connectivity index (χ2n) is 5.09. The van der Waals surface area contributed by atoms with Crippen LogP contribution in [0.4, 0.5) is 0 Å². The van der Waals surface area contributed by atoms with Crippen molar-refractivity contribution in [2.45, 2.75) is 26.3 Å². The smallest absolute Gasteiger partial charge is 0.326 e. The van der Waals surface area contributed by atoms with Gasteiger partial charge < -0.3 is 9.67 Å². The summed E-state index contributed by atoms with van der Waals surface area (Å²) >= 11 is 0. The van der Waals surface area contributed by atoms with Gasteiger partial charge >= 0.3 is 5.97 Å². The summed E-state index contributed by atoms with van der Waals surface area (Å²) in [6, 6.07) is 8.70. The topological polar surface area (TPSA) is 66.0 Å². The molecule has 0 radical (unpaired) electrons. The number of carboxylic acid groups (broad SMARTS) is 1. The van der Waals surface area contributed by atoms with E-state index in [0.717, 1.165) is 10.9 Å². The number of fused-ring (bicyclic) bond motifs is 1. The van der Waals surface area contributed by atoms with Crippen LogP contribution in [0.25, 0.3) is 10.9 Å². The fraction of sp³-hybridized carbons (Fsp3) is 0.333. The maximum Gasteiger partial charge on any atom is 0.326 e. The minimum absolute atomic E-state index is 0.290. The number of rotatable bonds is 4. The van der Waals surface area contributed by atoms with Crippen molar-refractivity contribution >= 4 is 16.9 Å². The summed E-state index contributed by atoms with van der Waals surface area (Å²) in [5, 5.41) is 19.3. The number of nitrogens with zero attached hydrogens (tertiary/aromatic N) is 2. The number of hydrogen-bond donors (Lipinski definition) is 1. The zero-order chi connectivity index (χ0) is 14.0. The molecule has 0 fully saturated rings. The van der Waals surface area contributed by atoms with Gasteiger partial charge in [0, 0.05) is 6.20 Å². The zero-order valence-electron chi connectivity index (χ0n) is 11.0. The van der Waals surface area contributed by atoms with Gasteiger partial charge in [-0.2, -0.15) is 5.26 Å². The van der Waals surface area contributed by atoms with Crippen molar-refractivity contribution in [1.82, 2.24) is 4.57 Å². The zero-order valence-corrected chi connectivity index (χ0v) is 11.0. The van der Waals surface area contributed by atoms with Crippen LogP contribution < -0.4 is 0 Å². The third-order valence-corrected chi connectivity index (χ3v) is 3.17. The summed E-state index contributed by atoms with van der Waals surface area (Å²) in [6.45, 7) is 4.00. The molecule has 1 aromatic carbocycles. The first-order valence-corrected chi connectivity index (χ1v) is 6.26. The van der Waals surface area contributed by atoms with Crippen LogP contribution in [0.1, 0.15) is 31.9 Å².